The minimum absolute atomic E-state index is 0.0371. The fourth-order valence-corrected chi connectivity index (χ4v) is 13.3. The zero-order valence-corrected chi connectivity index (χ0v) is 62.6. The lowest BCUT2D eigenvalue weighted by molar-refractivity contribution is -0.270. The molecule has 34 heteroatoms. The summed E-state index contributed by atoms with van der Waals surface area (Å²) < 4.78 is 40.4. The highest BCUT2D eigenvalue weighted by Gasteiger charge is 2.48. The second kappa shape index (κ2) is 49.6. The topological polar surface area (TPSA) is 509 Å². The quantitative estimate of drug-likeness (QED) is 0.0292. The van der Waals surface area contributed by atoms with Crippen molar-refractivity contribution in [2.75, 3.05) is 72.4 Å². The van der Waals surface area contributed by atoms with Crippen LogP contribution in [0.4, 0.5) is 0 Å². The third-order valence-electron chi connectivity index (χ3n) is 19.1. The number of ether oxygens (including phenoxy) is 7. The first-order valence-electron chi connectivity index (χ1n) is 37.8. The van der Waals surface area contributed by atoms with E-state index in [9.17, 15) is 89.1 Å². The van der Waals surface area contributed by atoms with Gasteiger partial charge in [0.25, 0.3) is 0 Å². The number of unbranched alkanes of at least 4 members (excludes halogenated alkanes) is 7. The maximum absolute atomic E-state index is 14.5. The van der Waals surface area contributed by atoms with Crippen LogP contribution in [0.15, 0.2) is 0 Å². The van der Waals surface area contributed by atoms with Crippen LogP contribution in [0.1, 0.15) is 196 Å². The molecule has 0 bridgehead atoms. The van der Waals surface area contributed by atoms with Gasteiger partial charge in [0.15, 0.2) is 18.9 Å². The minimum Gasteiger partial charge on any atom is -0.394 e. The molecule has 20 atom stereocenters. The Morgan fingerprint density at radius 3 is 1.23 bits per heavy atom. The summed E-state index contributed by atoms with van der Waals surface area (Å²) in [5.41, 5.74) is -0.141. The second-order valence-electron chi connectivity index (χ2n) is 29.4. The van der Waals surface area contributed by atoms with E-state index in [4.69, 9.17) is 33.2 Å². The van der Waals surface area contributed by atoms with Gasteiger partial charge in [-0.15, -0.1) is 0 Å². The number of carbonyl (C=O) groups excluding carboxylic acids is 9. The molecular weight excluding hydrogens is 1380 g/mol. The molecule has 0 spiro atoms. The number of carbonyl (C=O) groups is 9. The van der Waals surface area contributed by atoms with E-state index in [0.717, 1.165) is 19.3 Å². The van der Waals surface area contributed by atoms with Gasteiger partial charge in [-0.25, -0.2) is 0 Å². The number of aliphatic hydroxyl groups is 9. The molecule has 4 aliphatic rings. The van der Waals surface area contributed by atoms with E-state index in [0.29, 0.717) is 108 Å². The van der Waals surface area contributed by atoms with E-state index >= 15 is 0 Å². The number of aliphatic hydroxyl groups excluding tert-OH is 9. The van der Waals surface area contributed by atoms with Crippen molar-refractivity contribution in [2.24, 2.45) is 17.3 Å². The Morgan fingerprint density at radius 1 is 0.448 bits per heavy atom. The maximum atomic E-state index is 14.5. The first-order chi connectivity index (χ1) is 50.0. The first-order valence-corrected chi connectivity index (χ1v) is 37.8. The van der Waals surface area contributed by atoms with E-state index < -0.39 is 159 Å². The van der Waals surface area contributed by atoms with E-state index in [2.05, 4.69) is 75.5 Å². The monoisotopic (exact) mass is 1510 g/mol. The Bertz CT molecular complexity index is 2600. The van der Waals surface area contributed by atoms with Crippen LogP contribution in [0.25, 0.3) is 0 Å². The van der Waals surface area contributed by atoms with Gasteiger partial charge in [-0.2, -0.15) is 0 Å². The molecule has 0 aromatic carbocycles. The van der Waals surface area contributed by atoms with Crippen molar-refractivity contribution in [3.8, 4) is 0 Å². The normalized spacial score (nSPS) is 27.7. The van der Waals surface area contributed by atoms with Gasteiger partial charge in [0.2, 0.25) is 53.2 Å². The fourth-order valence-electron chi connectivity index (χ4n) is 13.3. The summed E-state index contributed by atoms with van der Waals surface area (Å²) in [5.74, 6) is -2.81. The zero-order chi connectivity index (χ0) is 77.6. The molecule has 18 N–H and O–H groups in total. The fraction of sp³-hybridized carbons (Fsp3) is 0.873. The molecule has 1 aliphatic carbocycles. The van der Waals surface area contributed by atoms with Crippen molar-refractivity contribution in [1.82, 2.24) is 47.9 Å². The molecule has 3 heterocycles. The molecule has 0 radical (unpaired) electrons. The van der Waals surface area contributed by atoms with Gasteiger partial charge in [0.1, 0.15) is 85.1 Å². The molecule has 3 aliphatic heterocycles. The minimum atomic E-state index is -1.53. The molecule has 20 unspecified atom stereocenters. The van der Waals surface area contributed by atoms with Gasteiger partial charge in [-0.05, 0) is 133 Å². The summed E-state index contributed by atoms with van der Waals surface area (Å²) in [6, 6.07) is -5.66. The standard InChI is InChI=1S/C71H127N9O25/c1-42-27-28-47(35-42)102-40-43(2)36-71(6,7)41-75-55(89)23-9-8-15-31-74-66(97)48(21-10-16-29-72-53(87)24-12-18-32-99-68-57(76-44(3)84)63(94)60(91)50(37-81)103-68)80-67(98)49(79-56(90)26-14-20-34-101-70-59(78-46(5)86)65(96)62(93)52(39-83)105-70)22-11-17-30-73-54(88)25-13-19-33-100-69-58(77-45(4)85)64(95)61(92)51(38-82)104-69/h42-43,47-52,57-65,68-70,81-83,91-96H,8-41H2,1-7H3,(H,72,87)(H,73,88)(H,74,97)(H,75,89)(H,76,84)(H,77,85)(H,78,86)(H,79,90)(H,80,98). The number of hydrogen-bond acceptors (Lipinski definition) is 25. The first kappa shape index (κ1) is 92.0. The van der Waals surface area contributed by atoms with E-state index in [-0.39, 0.29) is 108 Å². The van der Waals surface area contributed by atoms with Crippen molar-refractivity contribution in [3.05, 3.63) is 0 Å². The van der Waals surface area contributed by atoms with Gasteiger partial charge in [-0.1, -0.05) is 34.1 Å². The van der Waals surface area contributed by atoms with Crippen LogP contribution < -0.4 is 47.9 Å². The molecule has 4 rings (SSSR count). The lowest BCUT2D eigenvalue weighted by Crippen LogP contribution is -2.64. The third-order valence-corrected chi connectivity index (χ3v) is 19.1. The van der Waals surface area contributed by atoms with Gasteiger partial charge < -0.3 is 127 Å². The maximum Gasteiger partial charge on any atom is 0.243 e. The van der Waals surface area contributed by atoms with Crippen LogP contribution in [0, 0.1) is 17.3 Å². The Morgan fingerprint density at radius 2 is 0.829 bits per heavy atom. The highest BCUT2D eigenvalue weighted by molar-refractivity contribution is 5.92. The highest BCUT2D eigenvalue weighted by atomic mass is 16.7. The lowest BCUT2D eigenvalue weighted by Gasteiger charge is -2.42. The van der Waals surface area contributed by atoms with Gasteiger partial charge in [-0.3, -0.25) is 43.2 Å². The van der Waals surface area contributed by atoms with Crippen molar-refractivity contribution in [2.45, 2.75) is 306 Å². The molecule has 4 fully saturated rings. The summed E-state index contributed by atoms with van der Waals surface area (Å²) >= 11 is 0. The van der Waals surface area contributed by atoms with Crippen molar-refractivity contribution >= 4 is 53.2 Å². The summed E-state index contributed by atoms with van der Waals surface area (Å²) in [5, 5.41) is 117. The molecule has 606 valence electrons. The van der Waals surface area contributed by atoms with Crippen molar-refractivity contribution in [3.63, 3.8) is 0 Å². The van der Waals surface area contributed by atoms with Crippen molar-refractivity contribution in [1.29, 1.82) is 0 Å². The summed E-state index contributed by atoms with van der Waals surface area (Å²) in [7, 11) is 0. The van der Waals surface area contributed by atoms with Crippen LogP contribution in [-0.2, 0) is 76.3 Å². The number of amides is 9. The van der Waals surface area contributed by atoms with Gasteiger partial charge >= 0.3 is 0 Å². The average molecular weight is 1510 g/mol. The third kappa shape index (κ3) is 34.8. The molecule has 34 nitrogen and oxygen atoms in total. The predicted molar refractivity (Wildman–Crippen MR) is 378 cm³/mol. The molecule has 9 amide bonds. The summed E-state index contributed by atoms with van der Waals surface area (Å²) in [4.78, 5) is 117. The number of nitrogens with one attached hydrogen (secondary N) is 9. The zero-order valence-electron chi connectivity index (χ0n) is 62.6. The number of hydrogen-bond donors (Lipinski definition) is 18. The molecular formula is C71H127N9O25. The lowest BCUT2D eigenvalue weighted by atomic mass is 9.83. The smallest absolute Gasteiger partial charge is 0.243 e. The molecule has 0 aromatic rings. The predicted octanol–water partition coefficient (Wildman–Crippen LogP) is -2.03. The van der Waals surface area contributed by atoms with Gasteiger partial charge in [0, 0.05) is 99.1 Å². The Kier molecular flexibility index (Phi) is 43.4. The highest BCUT2D eigenvalue weighted by Crippen LogP contribution is 2.31. The van der Waals surface area contributed by atoms with Crippen molar-refractivity contribution < 1.29 is 122 Å². The SMILES string of the molecule is CC(=O)NC1C(OCCCCC(=O)NCCCCC(NC(=O)CCCCOC2OC(CO)C(O)C(O)C2NC(C)=O)C(=O)NC(CCCCNC(=O)CCCCOC2OC(CO)C(O)C(O)C2NC(C)=O)C(=O)NCCCCCC(=O)NCC(C)(C)CC(C)COC2CCC(C)C2)OC(CO)C(O)C1O. The van der Waals surface area contributed by atoms with E-state index in [1.165, 1.54) is 27.2 Å². The molecule has 1 saturated carbocycles. The Hall–Kier alpha value is -5.41. The Labute approximate surface area is 617 Å². The summed E-state index contributed by atoms with van der Waals surface area (Å²) in [6.07, 6.45) is -5.72. The molecule has 105 heavy (non-hydrogen) atoms. The average Bonchev–Trinajstić information content (AvgIpc) is 1.08. The van der Waals surface area contributed by atoms with Crippen LogP contribution in [0.2, 0.25) is 0 Å². The van der Waals surface area contributed by atoms with Crippen LogP contribution >= 0.6 is 0 Å². The van der Waals surface area contributed by atoms with Crippen LogP contribution in [0.5, 0.6) is 0 Å². The largest absolute Gasteiger partial charge is 0.394 e. The molecule has 0 aromatic heterocycles. The van der Waals surface area contributed by atoms with E-state index in [1.54, 1.807) is 0 Å². The Balaban J connectivity index is 1.36. The molecule has 3 saturated heterocycles. The van der Waals surface area contributed by atoms with Crippen LogP contribution in [0.3, 0.4) is 0 Å². The van der Waals surface area contributed by atoms with Gasteiger partial charge in [0.05, 0.1) is 25.9 Å². The second-order valence-corrected chi connectivity index (χ2v) is 29.4. The van der Waals surface area contributed by atoms with Crippen LogP contribution in [-0.4, -0.2) is 282 Å². The summed E-state index contributed by atoms with van der Waals surface area (Å²) in [6.45, 7) is 12.4. The number of rotatable bonds is 51. The van der Waals surface area contributed by atoms with E-state index in [1.807, 2.05) is 0 Å².